The van der Waals surface area contributed by atoms with Gasteiger partial charge < -0.3 is 10.5 Å². The fourth-order valence-electron chi connectivity index (χ4n) is 1.74. The van der Waals surface area contributed by atoms with Crippen LogP contribution in [0.1, 0.15) is 19.3 Å². The number of alkyl halides is 2. The Bertz CT molecular complexity index is 220. The number of esters is 1. The fraction of sp³-hybridized carbons (Fsp3) is 0.875. The standard InChI is InChI=1S/C8H13F2NO2/c1-13-6(12)7(5-11)2-3-8(9,10)4-7/h2-5,11H2,1H3. The Balaban J connectivity index is 2.80. The lowest BCUT2D eigenvalue weighted by atomic mass is 9.86. The number of hydrogen-bond donors (Lipinski definition) is 1. The molecule has 3 nitrogen and oxygen atoms in total. The molecule has 0 aromatic heterocycles. The van der Waals surface area contributed by atoms with E-state index in [9.17, 15) is 13.6 Å². The van der Waals surface area contributed by atoms with Gasteiger partial charge in [0.05, 0.1) is 12.5 Å². The van der Waals surface area contributed by atoms with Crippen LogP contribution in [0.15, 0.2) is 0 Å². The lowest BCUT2D eigenvalue weighted by molar-refractivity contribution is -0.153. The first-order chi connectivity index (χ1) is 5.96. The van der Waals surface area contributed by atoms with E-state index in [1.165, 1.54) is 7.11 Å². The Morgan fingerprint density at radius 1 is 1.54 bits per heavy atom. The molecule has 1 fully saturated rings. The highest BCUT2D eigenvalue weighted by Gasteiger charge is 2.53. The number of hydrogen-bond acceptors (Lipinski definition) is 3. The normalized spacial score (nSPS) is 31.7. The summed E-state index contributed by atoms with van der Waals surface area (Å²) < 4.78 is 30.2. The van der Waals surface area contributed by atoms with Crippen molar-refractivity contribution in [2.75, 3.05) is 13.7 Å². The number of methoxy groups -OCH3 is 1. The van der Waals surface area contributed by atoms with E-state index in [4.69, 9.17) is 5.73 Å². The van der Waals surface area contributed by atoms with Gasteiger partial charge in [0.15, 0.2) is 0 Å². The van der Waals surface area contributed by atoms with Crippen molar-refractivity contribution >= 4 is 5.97 Å². The Morgan fingerprint density at radius 2 is 2.15 bits per heavy atom. The van der Waals surface area contributed by atoms with Gasteiger partial charge in [-0.2, -0.15) is 0 Å². The Labute approximate surface area is 75.2 Å². The number of ether oxygens (including phenoxy) is 1. The van der Waals surface area contributed by atoms with Gasteiger partial charge in [0.25, 0.3) is 0 Å². The summed E-state index contributed by atoms with van der Waals surface area (Å²) in [6.45, 7) is -0.0741. The third-order valence-corrected chi connectivity index (χ3v) is 2.58. The topological polar surface area (TPSA) is 52.3 Å². The van der Waals surface area contributed by atoms with Gasteiger partial charge in [0.1, 0.15) is 0 Å². The highest BCUT2D eigenvalue weighted by molar-refractivity contribution is 5.77. The first-order valence-corrected chi connectivity index (χ1v) is 4.12. The van der Waals surface area contributed by atoms with Gasteiger partial charge in [-0.3, -0.25) is 4.79 Å². The molecule has 0 aliphatic heterocycles. The van der Waals surface area contributed by atoms with Crippen molar-refractivity contribution in [2.24, 2.45) is 11.1 Å². The second kappa shape index (κ2) is 3.21. The predicted octanol–water partition coefficient (Wildman–Crippen LogP) is 0.924. The van der Waals surface area contributed by atoms with E-state index < -0.39 is 23.7 Å². The molecular formula is C8H13F2NO2. The number of carbonyl (C=O) groups excluding carboxylic acids is 1. The molecule has 1 unspecified atom stereocenters. The van der Waals surface area contributed by atoms with Crippen molar-refractivity contribution in [3.63, 3.8) is 0 Å². The Hall–Kier alpha value is -0.710. The van der Waals surface area contributed by atoms with Crippen LogP contribution in [0.5, 0.6) is 0 Å². The molecule has 0 bridgehead atoms. The first-order valence-electron chi connectivity index (χ1n) is 4.12. The molecular weight excluding hydrogens is 180 g/mol. The van der Waals surface area contributed by atoms with E-state index in [-0.39, 0.29) is 19.4 Å². The lowest BCUT2D eigenvalue weighted by Crippen LogP contribution is -2.38. The van der Waals surface area contributed by atoms with Crippen molar-refractivity contribution in [1.29, 1.82) is 0 Å². The second-order valence-corrected chi connectivity index (χ2v) is 3.51. The average molecular weight is 193 g/mol. The number of carbonyl (C=O) groups is 1. The summed E-state index contributed by atoms with van der Waals surface area (Å²) in [6.07, 6.45) is -0.647. The van der Waals surface area contributed by atoms with Crippen molar-refractivity contribution < 1.29 is 18.3 Å². The van der Waals surface area contributed by atoms with Gasteiger partial charge in [-0.1, -0.05) is 0 Å². The maximum atomic E-state index is 12.9. The molecule has 1 rings (SSSR count). The van der Waals surface area contributed by atoms with Gasteiger partial charge in [-0.15, -0.1) is 0 Å². The molecule has 0 radical (unpaired) electrons. The summed E-state index contributed by atoms with van der Waals surface area (Å²) in [5.74, 6) is -3.39. The number of halogens is 2. The van der Waals surface area contributed by atoms with Crippen LogP contribution in [0.2, 0.25) is 0 Å². The molecule has 0 spiro atoms. The van der Waals surface area contributed by atoms with Crippen LogP contribution in [0.3, 0.4) is 0 Å². The molecule has 76 valence electrons. The SMILES string of the molecule is COC(=O)C1(CN)CCC(F)(F)C1. The van der Waals surface area contributed by atoms with Crippen molar-refractivity contribution in [3.8, 4) is 0 Å². The quantitative estimate of drug-likeness (QED) is 0.663. The van der Waals surface area contributed by atoms with Gasteiger partial charge >= 0.3 is 5.97 Å². The summed E-state index contributed by atoms with van der Waals surface area (Å²) in [7, 11) is 1.19. The summed E-state index contributed by atoms with van der Waals surface area (Å²) in [4.78, 5) is 11.2. The second-order valence-electron chi connectivity index (χ2n) is 3.51. The van der Waals surface area contributed by atoms with E-state index in [0.29, 0.717) is 0 Å². The van der Waals surface area contributed by atoms with E-state index in [1.807, 2.05) is 0 Å². The smallest absolute Gasteiger partial charge is 0.313 e. The summed E-state index contributed by atoms with van der Waals surface area (Å²) in [5, 5.41) is 0. The summed E-state index contributed by atoms with van der Waals surface area (Å²) in [6, 6.07) is 0. The van der Waals surface area contributed by atoms with Crippen molar-refractivity contribution in [3.05, 3.63) is 0 Å². The molecule has 1 aliphatic rings. The highest BCUT2D eigenvalue weighted by atomic mass is 19.3. The largest absolute Gasteiger partial charge is 0.469 e. The monoisotopic (exact) mass is 193 g/mol. The maximum Gasteiger partial charge on any atom is 0.313 e. The number of nitrogens with two attached hydrogens (primary N) is 1. The Morgan fingerprint density at radius 3 is 2.46 bits per heavy atom. The minimum Gasteiger partial charge on any atom is -0.469 e. The predicted molar refractivity (Wildman–Crippen MR) is 42.3 cm³/mol. The zero-order chi connectivity index (χ0) is 10.1. The maximum absolute atomic E-state index is 12.9. The minimum absolute atomic E-state index is 0.0741. The zero-order valence-electron chi connectivity index (χ0n) is 7.48. The molecule has 0 heterocycles. The molecule has 0 amide bonds. The zero-order valence-corrected chi connectivity index (χ0v) is 7.48. The van der Waals surface area contributed by atoms with Crippen molar-refractivity contribution in [1.82, 2.24) is 0 Å². The van der Waals surface area contributed by atoms with Crippen LogP contribution in [-0.2, 0) is 9.53 Å². The average Bonchev–Trinajstić information content (AvgIpc) is 2.41. The minimum atomic E-state index is -2.77. The molecule has 0 aromatic rings. The third kappa shape index (κ3) is 1.80. The van der Waals surface area contributed by atoms with Crippen LogP contribution in [0.4, 0.5) is 8.78 Å². The van der Waals surface area contributed by atoms with Gasteiger partial charge in [0.2, 0.25) is 5.92 Å². The van der Waals surface area contributed by atoms with Crippen LogP contribution in [0.25, 0.3) is 0 Å². The van der Waals surface area contributed by atoms with Crippen molar-refractivity contribution in [2.45, 2.75) is 25.2 Å². The van der Waals surface area contributed by atoms with E-state index in [0.717, 1.165) is 0 Å². The molecule has 13 heavy (non-hydrogen) atoms. The van der Waals surface area contributed by atoms with Crippen LogP contribution in [0, 0.1) is 5.41 Å². The molecule has 1 aliphatic carbocycles. The molecule has 1 atom stereocenters. The van der Waals surface area contributed by atoms with Crippen LogP contribution in [-0.4, -0.2) is 25.5 Å². The van der Waals surface area contributed by atoms with Gasteiger partial charge in [-0.05, 0) is 6.42 Å². The van der Waals surface area contributed by atoms with E-state index in [1.54, 1.807) is 0 Å². The van der Waals surface area contributed by atoms with Crippen LogP contribution >= 0.6 is 0 Å². The third-order valence-electron chi connectivity index (χ3n) is 2.58. The van der Waals surface area contributed by atoms with Crippen LogP contribution < -0.4 is 5.73 Å². The first kappa shape index (κ1) is 10.4. The molecule has 2 N–H and O–H groups in total. The lowest BCUT2D eigenvalue weighted by Gasteiger charge is -2.23. The summed E-state index contributed by atoms with van der Waals surface area (Å²) in [5.41, 5.74) is 4.18. The molecule has 5 heteroatoms. The molecule has 0 saturated heterocycles. The molecule has 1 saturated carbocycles. The fourth-order valence-corrected chi connectivity index (χ4v) is 1.74. The summed E-state index contributed by atoms with van der Waals surface area (Å²) >= 11 is 0. The number of rotatable bonds is 2. The van der Waals surface area contributed by atoms with Gasteiger partial charge in [-0.25, -0.2) is 8.78 Å². The van der Waals surface area contributed by atoms with E-state index in [2.05, 4.69) is 4.74 Å². The van der Waals surface area contributed by atoms with E-state index >= 15 is 0 Å². The van der Waals surface area contributed by atoms with Gasteiger partial charge in [0, 0.05) is 19.4 Å². The highest BCUT2D eigenvalue weighted by Crippen LogP contribution is 2.47. The molecule has 0 aromatic carbocycles. The Kier molecular flexibility index (Phi) is 2.56.